The predicted molar refractivity (Wildman–Crippen MR) is 65.2 cm³/mol. The average Bonchev–Trinajstić information content (AvgIpc) is 2.72. The molecule has 0 aliphatic rings. The van der Waals surface area contributed by atoms with Gasteiger partial charge in [0.15, 0.2) is 11.5 Å². The first kappa shape index (κ1) is 11.3. The number of methoxy groups -OCH3 is 1. The maximum Gasteiger partial charge on any atom is 0.160 e. The summed E-state index contributed by atoms with van der Waals surface area (Å²) in [6.45, 7) is 0.622. The SMILES string of the molecule is COc1ccc(CNc2ccnn2C)cc1O. The van der Waals surface area contributed by atoms with Crippen LogP contribution in [0.4, 0.5) is 5.82 Å². The Hall–Kier alpha value is -2.17. The van der Waals surface area contributed by atoms with Crippen LogP contribution < -0.4 is 10.1 Å². The summed E-state index contributed by atoms with van der Waals surface area (Å²) < 4.78 is 6.74. The number of anilines is 1. The third-order valence-corrected chi connectivity index (χ3v) is 2.54. The molecule has 5 heteroatoms. The van der Waals surface area contributed by atoms with E-state index in [4.69, 9.17) is 4.74 Å². The van der Waals surface area contributed by atoms with Gasteiger partial charge in [-0.25, -0.2) is 0 Å². The van der Waals surface area contributed by atoms with Gasteiger partial charge in [0.25, 0.3) is 0 Å². The fourth-order valence-corrected chi connectivity index (χ4v) is 1.59. The lowest BCUT2D eigenvalue weighted by Gasteiger charge is -2.08. The number of hydrogen-bond acceptors (Lipinski definition) is 4. The zero-order valence-electron chi connectivity index (χ0n) is 9.84. The molecule has 2 N–H and O–H groups in total. The molecule has 2 rings (SSSR count). The van der Waals surface area contributed by atoms with Crippen molar-refractivity contribution in [3.63, 3.8) is 0 Å². The van der Waals surface area contributed by atoms with Crippen LogP contribution in [-0.4, -0.2) is 22.0 Å². The number of nitrogens with one attached hydrogen (secondary N) is 1. The van der Waals surface area contributed by atoms with Crippen LogP contribution in [-0.2, 0) is 13.6 Å². The molecule has 2 aromatic rings. The lowest BCUT2D eigenvalue weighted by molar-refractivity contribution is 0.373. The summed E-state index contributed by atoms with van der Waals surface area (Å²) in [4.78, 5) is 0. The zero-order valence-corrected chi connectivity index (χ0v) is 9.84. The van der Waals surface area contributed by atoms with E-state index in [1.807, 2.05) is 19.2 Å². The molecule has 0 unspecified atom stereocenters. The van der Waals surface area contributed by atoms with Crippen molar-refractivity contribution in [3.05, 3.63) is 36.0 Å². The molecule has 0 amide bonds. The molecule has 0 atom stereocenters. The molecular formula is C12H15N3O2. The van der Waals surface area contributed by atoms with Gasteiger partial charge in [-0.05, 0) is 17.7 Å². The van der Waals surface area contributed by atoms with Gasteiger partial charge in [-0.2, -0.15) is 5.10 Å². The average molecular weight is 233 g/mol. The Kier molecular flexibility index (Phi) is 3.18. The molecule has 1 aromatic heterocycles. The van der Waals surface area contributed by atoms with Gasteiger partial charge in [0, 0.05) is 19.7 Å². The van der Waals surface area contributed by atoms with Crippen LogP contribution in [0.3, 0.4) is 0 Å². The topological polar surface area (TPSA) is 59.3 Å². The number of benzene rings is 1. The van der Waals surface area contributed by atoms with Gasteiger partial charge in [-0.3, -0.25) is 4.68 Å². The van der Waals surface area contributed by atoms with Crippen LogP contribution >= 0.6 is 0 Å². The van der Waals surface area contributed by atoms with Crippen LogP contribution in [0.15, 0.2) is 30.5 Å². The highest BCUT2D eigenvalue weighted by Crippen LogP contribution is 2.26. The van der Waals surface area contributed by atoms with Crippen LogP contribution in [0.5, 0.6) is 11.5 Å². The van der Waals surface area contributed by atoms with E-state index in [1.165, 1.54) is 7.11 Å². The number of aromatic nitrogens is 2. The summed E-state index contributed by atoms with van der Waals surface area (Å²) in [6.07, 6.45) is 1.73. The monoisotopic (exact) mass is 233 g/mol. The molecule has 1 aromatic carbocycles. The van der Waals surface area contributed by atoms with Crippen molar-refractivity contribution >= 4 is 5.82 Å². The Morgan fingerprint density at radius 3 is 2.82 bits per heavy atom. The van der Waals surface area contributed by atoms with Gasteiger partial charge in [-0.15, -0.1) is 0 Å². The first-order valence-electron chi connectivity index (χ1n) is 5.28. The van der Waals surface area contributed by atoms with Crippen LogP contribution in [0.1, 0.15) is 5.56 Å². The fourth-order valence-electron chi connectivity index (χ4n) is 1.59. The number of rotatable bonds is 4. The summed E-state index contributed by atoms with van der Waals surface area (Å²) in [5, 5.41) is 16.9. The maximum atomic E-state index is 9.63. The van der Waals surface area contributed by atoms with Crippen molar-refractivity contribution in [1.29, 1.82) is 0 Å². The first-order valence-corrected chi connectivity index (χ1v) is 5.28. The second kappa shape index (κ2) is 4.78. The largest absolute Gasteiger partial charge is 0.504 e. The Morgan fingerprint density at radius 2 is 2.24 bits per heavy atom. The quantitative estimate of drug-likeness (QED) is 0.844. The summed E-state index contributed by atoms with van der Waals surface area (Å²) in [5.74, 6) is 1.56. The highest BCUT2D eigenvalue weighted by Gasteiger charge is 2.03. The summed E-state index contributed by atoms with van der Waals surface area (Å²) in [7, 11) is 3.40. The molecule has 0 aliphatic carbocycles. The number of phenolic OH excluding ortho intramolecular Hbond substituents is 1. The van der Waals surface area contributed by atoms with Crippen molar-refractivity contribution in [3.8, 4) is 11.5 Å². The molecule has 0 spiro atoms. The molecule has 0 bridgehead atoms. The highest BCUT2D eigenvalue weighted by atomic mass is 16.5. The fraction of sp³-hybridized carbons (Fsp3) is 0.250. The van der Waals surface area contributed by atoms with E-state index in [0.29, 0.717) is 12.3 Å². The number of ether oxygens (including phenoxy) is 1. The summed E-state index contributed by atoms with van der Waals surface area (Å²) in [6, 6.07) is 7.23. The molecule has 0 aliphatic heterocycles. The van der Waals surface area contributed by atoms with Crippen molar-refractivity contribution in [2.45, 2.75) is 6.54 Å². The van der Waals surface area contributed by atoms with Crippen molar-refractivity contribution in [2.24, 2.45) is 7.05 Å². The third kappa shape index (κ3) is 2.50. The Morgan fingerprint density at radius 1 is 1.41 bits per heavy atom. The zero-order chi connectivity index (χ0) is 12.3. The van der Waals surface area contributed by atoms with Crippen molar-refractivity contribution in [1.82, 2.24) is 9.78 Å². The van der Waals surface area contributed by atoms with Gasteiger partial charge in [-0.1, -0.05) is 6.07 Å². The van der Waals surface area contributed by atoms with Gasteiger partial charge in [0.1, 0.15) is 5.82 Å². The van der Waals surface area contributed by atoms with Crippen LogP contribution in [0.2, 0.25) is 0 Å². The van der Waals surface area contributed by atoms with E-state index in [1.54, 1.807) is 23.0 Å². The third-order valence-electron chi connectivity index (χ3n) is 2.54. The molecule has 0 fully saturated rings. The molecule has 90 valence electrons. The minimum absolute atomic E-state index is 0.150. The van der Waals surface area contributed by atoms with Crippen molar-refractivity contribution < 1.29 is 9.84 Å². The van der Waals surface area contributed by atoms with E-state index >= 15 is 0 Å². The van der Waals surface area contributed by atoms with Gasteiger partial charge < -0.3 is 15.2 Å². The Bertz CT molecular complexity index is 508. The number of aromatic hydroxyl groups is 1. The van der Waals surface area contributed by atoms with Gasteiger partial charge >= 0.3 is 0 Å². The van der Waals surface area contributed by atoms with Gasteiger partial charge in [0.2, 0.25) is 0 Å². The predicted octanol–water partition coefficient (Wildman–Crippen LogP) is 1.75. The Labute approximate surface area is 99.6 Å². The van der Waals surface area contributed by atoms with E-state index < -0.39 is 0 Å². The summed E-state index contributed by atoms with van der Waals surface area (Å²) in [5.41, 5.74) is 0.976. The van der Waals surface area contributed by atoms with E-state index in [2.05, 4.69) is 10.4 Å². The molecule has 17 heavy (non-hydrogen) atoms. The van der Waals surface area contributed by atoms with Crippen LogP contribution in [0, 0.1) is 0 Å². The second-order valence-corrected chi connectivity index (χ2v) is 3.70. The normalized spacial score (nSPS) is 10.2. The molecule has 1 heterocycles. The number of nitrogens with zero attached hydrogens (tertiary/aromatic N) is 2. The standard InChI is InChI=1S/C12H15N3O2/c1-15-12(5-6-14-15)13-8-9-3-4-11(17-2)10(16)7-9/h3-7,13,16H,8H2,1-2H3. The summed E-state index contributed by atoms with van der Waals surface area (Å²) >= 11 is 0. The lowest BCUT2D eigenvalue weighted by Crippen LogP contribution is -2.04. The van der Waals surface area contributed by atoms with Crippen LogP contribution in [0.25, 0.3) is 0 Å². The minimum Gasteiger partial charge on any atom is -0.504 e. The van der Waals surface area contributed by atoms with E-state index in [0.717, 1.165) is 11.4 Å². The van der Waals surface area contributed by atoms with Crippen molar-refractivity contribution in [2.75, 3.05) is 12.4 Å². The molecular weight excluding hydrogens is 218 g/mol. The number of phenols is 1. The highest BCUT2D eigenvalue weighted by molar-refractivity contribution is 5.43. The van der Waals surface area contributed by atoms with Gasteiger partial charge in [0.05, 0.1) is 13.3 Å². The lowest BCUT2D eigenvalue weighted by atomic mass is 10.2. The molecule has 0 saturated heterocycles. The molecule has 0 radical (unpaired) electrons. The van der Waals surface area contributed by atoms with E-state index in [9.17, 15) is 5.11 Å². The Balaban J connectivity index is 2.05. The maximum absolute atomic E-state index is 9.63. The molecule has 5 nitrogen and oxygen atoms in total. The second-order valence-electron chi connectivity index (χ2n) is 3.70. The number of aryl methyl sites for hydroxylation is 1. The van der Waals surface area contributed by atoms with E-state index in [-0.39, 0.29) is 5.75 Å². The molecule has 0 saturated carbocycles. The smallest absolute Gasteiger partial charge is 0.160 e. The number of hydrogen-bond donors (Lipinski definition) is 2. The first-order chi connectivity index (χ1) is 8.20. The minimum atomic E-state index is 0.150.